The molecule has 0 aliphatic carbocycles. The van der Waals surface area contributed by atoms with Gasteiger partial charge in [0.1, 0.15) is 17.6 Å². The van der Waals surface area contributed by atoms with E-state index >= 15 is 0 Å². The van der Waals surface area contributed by atoms with Crippen LogP contribution in [0.25, 0.3) is 11.0 Å². The standard InChI is InChI=1S/C10H8O3.C7H8O/c11-5-7-6-13-9-4-2-1-3-8(9)10(7)12;1-8-7-5-3-2-4-6-7/h1-4,6,11H,5H2;2-6H,1H3. The van der Waals surface area contributed by atoms with E-state index in [9.17, 15) is 4.79 Å². The molecule has 108 valence electrons. The summed E-state index contributed by atoms with van der Waals surface area (Å²) in [5.41, 5.74) is 0.674. The van der Waals surface area contributed by atoms with Gasteiger partial charge in [0.05, 0.1) is 24.7 Å². The normalized spacial score (nSPS) is 9.81. The quantitative estimate of drug-likeness (QED) is 0.786. The van der Waals surface area contributed by atoms with Gasteiger partial charge in [0, 0.05) is 0 Å². The first-order valence-electron chi connectivity index (χ1n) is 6.45. The Kier molecular flexibility index (Phi) is 5.12. The molecule has 1 N–H and O–H groups in total. The minimum absolute atomic E-state index is 0.163. The number of ether oxygens (including phenoxy) is 1. The van der Waals surface area contributed by atoms with Crippen LogP contribution in [0, 0.1) is 0 Å². The molecule has 0 saturated heterocycles. The Morgan fingerprint density at radius 2 is 1.71 bits per heavy atom. The third kappa shape index (κ3) is 3.70. The van der Waals surface area contributed by atoms with Crippen molar-refractivity contribution >= 4 is 11.0 Å². The van der Waals surface area contributed by atoms with Gasteiger partial charge in [-0.1, -0.05) is 30.3 Å². The van der Waals surface area contributed by atoms with Crippen LogP contribution in [0.5, 0.6) is 5.75 Å². The highest BCUT2D eigenvalue weighted by Crippen LogP contribution is 2.10. The zero-order chi connectivity index (χ0) is 15.1. The Bertz CT molecular complexity index is 747. The van der Waals surface area contributed by atoms with E-state index in [4.69, 9.17) is 14.3 Å². The van der Waals surface area contributed by atoms with E-state index in [0.29, 0.717) is 16.5 Å². The summed E-state index contributed by atoms with van der Waals surface area (Å²) in [5.74, 6) is 0.910. The average molecular weight is 284 g/mol. The fourth-order valence-electron chi connectivity index (χ4n) is 1.78. The highest BCUT2D eigenvalue weighted by molar-refractivity contribution is 5.76. The maximum Gasteiger partial charge on any atom is 0.198 e. The molecule has 3 aromatic rings. The first-order chi connectivity index (χ1) is 10.3. The van der Waals surface area contributed by atoms with Crippen LogP contribution in [-0.4, -0.2) is 12.2 Å². The number of fused-ring (bicyclic) bond motifs is 1. The molecule has 0 bridgehead atoms. The zero-order valence-electron chi connectivity index (χ0n) is 11.7. The average Bonchev–Trinajstić information content (AvgIpc) is 2.57. The molecule has 4 nitrogen and oxygen atoms in total. The Balaban J connectivity index is 0.000000173. The fourth-order valence-corrected chi connectivity index (χ4v) is 1.78. The Morgan fingerprint density at radius 3 is 2.33 bits per heavy atom. The molecular weight excluding hydrogens is 268 g/mol. The van der Waals surface area contributed by atoms with Gasteiger partial charge in [-0.25, -0.2) is 0 Å². The fraction of sp³-hybridized carbons (Fsp3) is 0.118. The smallest absolute Gasteiger partial charge is 0.198 e. The molecule has 0 fully saturated rings. The van der Waals surface area contributed by atoms with Crippen molar-refractivity contribution in [2.24, 2.45) is 0 Å². The van der Waals surface area contributed by atoms with E-state index in [0.717, 1.165) is 5.75 Å². The number of aliphatic hydroxyl groups excluding tert-OH is 1. The van der Waals surface area contributed by atoms with Crippen LogP contribution in [0.3, 0.4) is 0 Å². The van der Waals surface area contributed by atoms with Crippen molar-refractivity contribution in [3.05, 3.63) is 76.6 Å². The van der Waals surface area contributed by atoms with Crippen molar-refractivity contribution in [3.8, 4) is 5.75 Å². The highest BCUT2D eigenvalue weighted by atomic mass is 16.5. The molecule has 0 saturated carbocycles. The second-order valence-corrected chi connectivity index (χ2v) is 4.26. The van der Waals surface area contributed by atoms with E-state index in [2.05, 4.69) is 0 Å². The van der Waals surface area contributed by atoms with E-state index in [-0.39, 0.29) is 12.0 Å². The maximum atomic E-state index is 11.5. The van der Waals surface area contributed by atoms with Crippen molar-refractivity contribution in [3.63, 3.8) is 0 Å². The summed E-state index contributed by atoms with van der Waals surface area (Å²) in [7, 11) is 1.66. The third-order valence-electron chi connectivity index (χ3n) is 2.90. The number of aliphatic hydroxyl groups is 1. The molecule has 1 heterocycles. The van der Waals surface area contributed by atoms with E-state index in [1.807, 2.05) is 30.3 Å². The van der Waals surface area contributed by atoms with E-state index in [1.165, 1.54) is 6.26 Å². The molecule has 3 rings (SSSR count). The Morgan fingerprint density at radius 1 is 1.05 bits per heavy atom. The van der Waals surface area contributed by atoms with Crippen molar-refractivity contribution in [1.29, 1.82) is 0 Å². The molecule has 0 unspecified atom stereocenters. The number of para-hydroxylation sites is 2. The van der Waals surface area contributed by atoms with Gasteiger partial charge in [-0.05, 0) is 24.3 Å². The molecule has 0 amide bonds. The van der Waals surface area contributed by atoms with Crippen LogP contribution in [0.2, 0.25) is 0 Å². The summed E-state index contributed by atoms with van der Waals surface area (Å²) in [4.78, 5) is 11.5. The van der Waals surface area contributed by atoms with Crippen molar-refractivity contribution in [2.75, 3.05) is 7.11 Å². The number of hydrogen-bond acceptors (Lipinski definition) is 4. The molecule has 2 aromatic carbocycles. The van der Waals surface area contributed by atoms with Gasteiger partial charge < -0.3 is 14.3 Å². The van der Waals surface area contributed by atoms with Gasteiger partial charge in [-0.15, -0.1) is 0 Å². The van der Waals surface area contributed by atoms with Crippen LogP contribution in [-0.2, 0) is 6.61 Å². The predicted octanol–water partition coefficient (Wildman–Crippen LogP) is 2.98. The monoisotopic (exact) mass is 284 g/mol. The SMILES string of the molecule is COc1ccccc1.O=c1c(CO)coc2ccccc12. The summed E-state index contributed by atoms with van der Waals surface area (Å²) >= 11 is 0. The van der Waals surface area contributed by atoms with Crippen LogP contribution in [0.1, 0.15) is 5.56 Å². The number of rotatable bonds is 2. The lowest BCUT2D eigenvalue weighted by atomic mass is 10.2. The van der Waals surface area contributed by atoms with Crippen LogP contribution < -0.4 is 10.2 Å². The van der Waals surface area contributed by atoms with Crippen molar-refractivity contribution in [2.45, 2.75) is 6.61 Å². The van der Waals surface area contributed by atoms with E-state index in [1.54, 1.807) is 31.4 Å². The van der Waals surface area contributed by atoms with Gasteiger partial charge in [-0.3, -0.25) is 4.79 Å². The summed E-state index contributed by atoms with van der Waals surface area (Å²) in [6, 6.07) is 16.6. The number of benzene rings is 2. The molecular formula is C17H16O4. The van der Waals surface area contributed by atoms with Gasteiger partial charge in [0.15, 0.2) is 5.43 Å². The summed E-state index contributed by atoms with van der Waals surface area (Å²) < 4.78 is 10.1. The second-order valence-electron chi connectivity index (χ2n) is 4.26. The largest absolute Gasteiger partial charge is 0.497 e. The summed E-state index contributed by atoms with van der Waals surface area (Å²) in [6.45, 7) is -0.285. The molecule has 1 aromatic heterocycles. The minimum atomic E-state index is -0.285. The highest BCUT2D eigenvalue weighted by Gasteiger charge is 2.03. The van der Waals surface area contributed by atoms with Crippen molar-refractivity contribution < 1.29 is 14.3 Å². The molecule has 0 radical (unpaired) electrons. The van der Waals surface area contributed by atoms with E-state index < -0.39 is 0 Å². The molecule has 0 spiro atoms. The summed E-state index contributed by atoms with van der Waals surface area (Å²) in [5, 5.41) is 9.33. The second kappa shape index (κ2) is 7.26. The Labute approximate surface area is 122 Å². The zero-order valence-corrected chi connectivity index (χ0v) is 11.7. The topological polar surface area (TPSA) is 59.7 Å². The summed E-state index contributed by atoms with van der Waals surface area (Å²) in [6.07, 6.45) is 1.30. The first kappa shape index (κ1) is 14.8. The van der Waals surface area contributed by atoms with Crippen LogP contribution >= 0.6 is 0 Å². The maximum absolute atomic E-state index is 11.5. The minimum Gasteiger partial charge on any atom is -0.497 e. The van der Waals surface area contributed by atoms with Crippen LogP contribution in [0.15, 0.2) is 70.1 Å². The lowest BCUT2D eigenvalue weighted by molar-refractivity contribution is 0.277. The number of hydrogen-bond donors (Lipinski definition) is 1. The molecule has 21 heavy (non-hydrogen) atoms. The lowest BCUT2D eigenvalue weighted by Crippen LogP contribution is -2.07. The van der Waals surface area contributed by atoms with Gasteiger partial charge in [-0.2, -0.15) is 0 Å². The molecule has 0 aliphatic rings. The van der Waals surface area contributed by atoms with Gasteiger partial charge in [0.25, 0.3) is 0 Å². The molecule has 0 atom stereocenters. The number of methoxy groups -OCH3 is 1. The Hall–Kier alpha value is -2.59. The predicted molar refractivity (Wildman–Crippen MR) is 81.4 cm³/mol. The molecule has 0 aliphatic heterocycles. The van der Waals surface area contributed by atoms with Gasteiger partial charge in [0.2, 0.25) is 0 Å². The van der Waals surface area contributed by atoms with Crippen molar-refractivity contribution in [1.82, 2.24) is 0 Å². The third-order valence-corrected chi connectivity index (χ3v) is 2.90. The van der Waals surface area contributed by atoms with Gasteiger partial charge >= 0.3 is 0 Å². The van der Waals surface area contributed by atoms with Crippen LogP contribution in [0.4, 0.5) is 0 Å². The first-order valence-corrected chi connectivity index (χ1v) is 6.45. The lowest BCUT2D eigenvalue weighted by Gasteiger charge is -1.97. The molecule has 4 heteroatoms.